The van der Waals surface area contributed by atoms with Crippen LogP contribution in [0.4, 0.5) is 16.2 Å². The minimum atomic E-state index is -0.369. The predicted octanol–water partition coefficient (Wildman–Crippen LogP) is 4.23. The van der Waals surface area contributed by atoms with Crippen molar-refractivity contribution in [1.82, 2.24) is 19.8 Å². The summed E-state index contributed by atoms with van der Waals surface area (Å²) in [6, 6.07) is 16.0. The van der Waals surface area contributed by atoms with E-state index in [1.807, 2.05) is 50.2 Å². The fourth-order valence-corrected chi connectivity index (χ4v) is 3.06. The Morgan fingerprint density at radius 2 is 1.71 bits per heavy atom. The van der Waals surface area contributed by atoms with E-state index >= 15 is 0 Å². The third-order valence-electron chi connectivity index (χ3n) is 4.38. The molecule has 0 fully saturated rings. The first-order chi connectivity index (χ1) is 15.2. The third-order valence-corrected chi connectivity index (χ3v) is 4.38. The number of fused-ring (bicyclic) bond motifs is 1. The van der Waals surface area contributed by atoms with Gasteiger partial charge in [0.1, 0.15) is 6.33 Å². The van der Waals surface area contributed by atoms with Gasteiger partial charge in [-0.1, -0.05) is 12.1 Å². The highest BCUT2D eigenvalue weighted by atomic mass is 16.5. The van der Waals surface area contributed by atoms with Crippen LogP contribution in [-0.4, -0.2) is 39.1 Å². The molecule has 2 amide bonds. The van der Waals surface area contributed by atoms with E-state index in [2.05, 4.69) is 25.9 Å². The number of hydrogen-bond acceptors (Lipinski definition) is 6. The van der Waals surface area contributed by atoms with Crippen LogP contribution in [0, 0.1) is 0 Å². The Balaban J connectivity index is 1.47. The molecule has 4 rings (SSSR count). The fraction of sp³-hybridized carbons (Fsp3) is 0.182. The summed E-state index contributed by atoms with van der Waals surface area (Å²) >= 11 is 0. The third kappa shape index (κ3) is 4.72. The van der Waals surface area contributed by atoms with Crippen LogP contribution in [0.3, 0.4) is 0 Å². The number of aromatic nitrogens is 4. The second-order valence-corrected chi connectivity index (χ2v) is 6.54. The molecule has 0 aliphatic heterocycles. The summed E-state index contributed by atoms with van der Waals surface area (Å²) in [4.78, 5) is 12.5. The number of amides is 2. The molecular weight excluding hydrogens is 396 g/mol. The summed E-state index contributed by atoms with van der Waals surface area (Å²) in [6.07, 6.45) is 1.54. The molecule has 0 aliphatic rings. The molecule has 0 aliphatic carbocycles. The highest BCUT2D eigenvalue weighted by Crippen LogP contribution is 2.30. The molecule has 4 aromatic rings. The summed E-state index contributed by atoms with van der Waals surface area (Å²) < 4.78 is 12.8. The van der Waals surface area contributed by atoms with Crippen molar-refractivity contribution in [3.05, 3.63) is 60.9 Å². The largest absolute Gasteiger partial charge is 0.490 e. The maximum absolute atomic E-state index is 12.5. The van der Waals surface area contributed by atoms with Crippen LogP contribution in [0.15, 0.2) is 60.9 Å². The molecule has 2 N–H and O–H groups in total. The highest BCUT2D eigenvalue weighted by Gasteiger charge is 2.10. The number of carbonyl (C=O) groups is 1. The zero-order valence-corrected chi connectivity index (χ0v) is 17.2. The smallest absolute Gasteiger partial charge is 0.323 e. The lowest BCUT2D eigenvalue weighted by Gasteiger charge is -2.13. The summed E-state index contributed by atoms with van der Waals surface area (Å²) in [7, 11) is 0. The Morgan fingerprint density at radius 1 is 0.935 bits per heavy atom. The molecule has 0 spiro atoms. The van der Waals surface area contributed by atoms with Gasteiger partial charge < -0.3 is 20.1 Å². The number of hydrogen-bond donors (Lipinski definition) is 2. The second-order valence-electron chi connectivity index (χ2n) is 6.54. The number of nitrogens with zero attached hydrogens (tertiary/aromatic N) is 4. The van der Waals surface area contributed by atoms with Gasteiger partial charge in [-0.05, 0) is 50.2 Å². The summed E-state index contributed by atoms with van der Waals surface area (Å²) in [5, 5.41) is 17.9. The monoisotopic (exact) mass is 418 g/mol. The number of nitrogens with one attached hydrogen (secondary N) is 2. The molecule has 0 saturated heterocycles. The molecule has 2 aromatic heterocycles. The molecule has 2 aromatic carbocycles. The minimum absolute atomic E-state index is 0.369. The van der Waals surface area contributed by atoms with Crippen molar-refractivity contribution in [3.8, 4) is 22.8 Å². The summed E-state index contributed by atoms with van der Waals surface area (Å²) in [6.45, 7) is 4.83. The molecule has 0 saturated carbocycles. The first-order valence-electron chi connectivity index (χ1n) is 9.91. The molecule has 9 heteroatoms. The van der Waals surface area contributed by atoms with E-state index in [0.717, 1.165) is 11.3 Å². The van der Waals surface area contributed by atoms with Gasteiger partial charge in [-0.2, -0.15) is 9.61 Å². The molecule has 0 bridgehead atoms. The zero-order chi connectivity index (χ0) is 21.6. The van der Waals surface area contributed by atoms with E-state index in [0.29, 0.717) is 41.7 Å². The number of urea groups is 1. The van der Waals surface area contributed by atoms with E-state index in [1.54, 1.807) is 29.0 Å². The Bertz CT molecular complexity index is 1210. The molecule has 0 unspecified atom stereocenters. The molecule has 31 heavy (non-hydrogen) atoms. The maximum atomic E-state index is 12.5. The molecule has 158 valence electrons. The average Bonchev–Trinajstić information content (AvgIpc) is 3.24. The Hall–Kier alpha value is -4.14. The summed E-state index contributed by atoms with van der Waals surface area (Å²) in [5.74, 6) is 1.22. The van der Waals surface area contributed by atoms with Crippen LogP contribution in [-0.2, 0) is 0 Å². The van der Waals surface area contributed by atoms with Crippen LogP contribution in [0.5, 0.6) is 11.5 Å². The first-order valence-corrected chi connectivity index (χ1v) is 9.91. The van der Waals surface area contributed by atoms with E-state index in [-0.39, 0.29) is 6.03 Å². The van der Waals surface area contributed by atoms with Crippen molar-refractivity contribution < 1.29 is 14.3 Å². The van der Waals surface area contributed by atoms with E-state index < -0.39 is 0 Å². The standard InChI is InChI=1S/C22H22N6O3/c1-3-30-19-10-8-17(13-20(19)31-4-2)25-22(29)24-16-7-5-6-15(12-16)18-9-11-21-26-23-14-28(21)27-18/h5-14H,3-4H2,1-2H3,(H2,24,25,29). The minimum Gasteiger partial charge on any atom is -0.490 e. The van der Waals surface area contributed by atoms with Crippen LogP contribution >= 0.6 is 0 Å². The number of ether oxygens (including phenoxy) is 2. The predicted molar refractivity (Wildman–Crippen MR) is 118 cm³/mol. The van der Waals surface area contributed by atoms with Crippen LogP contribution in [0.2, 0.25) is 0 Å². The average molecular weight is 418 g/mol. The van der Waals surface area contributed by atoms with Crippen molar-refractivity contribution >= 4 is 23.1 Å². The van der Waals surface area contributed by atoms with Gasteiger partial charge in [0.15, 0.2) is 17.1 Å². The molecule has 0 atom stereocenters. The highest BCUT2D eigenvalue weighted by molar-refractivity contribution is 6.00. The number of anilines is 2. The topological polar surface area (TPSA) is 103 Å². The normalized spacial score (nSPS) is 10.6. The van der Waals surface area contributed by atoms with Gasteiger partial charge in [-0.15, -0.1) is 10.2 Å². The lowest BCUT2D eigenvalue weighted by molar-refractivity contribution is 0.262. The van der Waals surface area contributed by atoms with Crippen LogP contribution < -0.4 is 20.1 Å². The Kier molecular flexibility index (Phi) is 5.93. The van der Waals surface area contributed by atoms with Crippen molar-refractivity contribution in [1.29, 1.82) is 0 Å². The Morgan fingerprint density at radius 3 is 2.52 bits per heavy atom. The van der Waals surface area contributed by atoms with Gasteiger partial charge >= 0.3 is 6.03 Å². The van der Waals surface area contributed by atoms with Gasteiger partial charge in [0.05, 0.1) is 18.9 Å². The molecular formula is C22H22N6O3. The lowest BCUT2D eigenvalue weighted by Crippen LogP contribution is -2.19. The van der Waals surface area contributed by atoms with Gasteiger partial charge in [0, 0.05) is 23.0 Å². The number of rotatable bonds is 7. The summed E-state index contributed by atoms with van der Waals surface area (Å²) in [5.41, 5.74) is 3.49. The number of benzene rings is 2. The second kappa shape index (κ2) is 9.12. The first kappa shape index (κ1) is 20.1. The molecule has 2 heterocycles. The van der Waals surface area contributed by atoms with Gasteiger partial charge in [-0.25, -0.2) is 4.79 Å². The quantitative estimate of drug-likeness (QED) is 0.466. The van der Waals surface area contributed by atoms with Crippen molar-refractivity contribution in [3.63, 3.8) is 0 Å². The van der Waals surface area contributed by atoms with Gasteiger partial charge in [-0.3, -0.25) is 0 Å². The van der Waals surface area contributed by atoms with Crippen LogP contribution in [0.1, 0.15) is 13.8 Å². The van der Waals surface area contributed by atoms with Crippen molar-refractivity contribution in [2.45, 2.75) is 13.8 Å². The Labute approximate surface area is 179 Å². The van der Waals surface area contributed by atoms with E-state index in [9.17, 15) is 4.79 Å². The lowest BCUT2D eigenvalue weighted by atomic mass is 10.1. The zero-order valence-electron chi connectivity index (χ0n) is 17.2. The van der Waals surface area contributed by atoms with E-state index in [1.165, 1.54) is 0 Å². The van der Waals surface area contributed by atoms with Crippen molar-refractivity contribution in [2.24, 2.45) is 0 Å². The molecule has 9 nitrogen and oxygen atoms in total. The van der Waals surface area contributed by atoms with Crippen molar-refractivity contribution in [2.75, 3.05) is 23.8 Å². The van der Waals surface area contributed by atoms with Gasteiger partial charge in [0.2, 0.25) is 0 Å². The maximum Gasteiger partial charge on any atom is 0.323 e. The van der Waals surface area contributed by atoms with Crippen LogP contribution in [0.25, 0.3) is 16.9 Å². The molecule has 0 radical (unpaired) electrons. The van der Waals surface area contributed by atoms with E-state index in [4.69, 9.17) is 9.47 Å². The van der Waals surface area contributed by atoms with Gasteiger partial charge in [0.25, 0.3) is 0 Å². The fourth-order valence-electron chi connectivity index (χ4n) is 3.06. The number of carbonyl (C=O) groups excluding carboxylic acids is 1. The SMILES string of the molecule is CCOc1ccc(NC(=O)Nc2cccc(-c3ccc4nncn4n3)c2)cc1OCC.